The molecule has 0 amide bonds. The van der Waals surface area contributed by atoms with Crippen molar-refractivity contribution in [2.45, 2.75) is 18.8 Å². The minimum Gasteiger partial charge on any atom is -0.386 e. The number of guanidine groups is 1. The Morgan fingerprint density at radius 3 is 2.74 bits per heavy atom. The molecule has 1 atom stereocenters. The summed E-state index contributed by atoms with van der Waals surface area (Å²) in [5.41, 5.74) is -0.896. The number of hydrogen-bond donors (Lipinski definition) is 3. The lowest BCUT2D eigenvalue weighted by atomic mass is 10.2. The highest BCUT2D eigenvalue weighted by atomic mass is 32.1. The maximum atomic E-state index is 12.6. The maximum absolute atomic E-state index is 12.6. The van der Waals surface area contributed by atoms with Gasteiger partial charge in [-0.15, -0.1) is 22.7 Å². The molecular weight excluding hydrogens is 397 g/mol. The normalized spacial score (nSPS) is 13.7. The molecule has 1 aromatic carbocycles. The van der Waals surface area contributed by atoms with Gasteiger partial charge in [0.2, 0.25) is 0 Å². The number of fused-ring (bicyclic) bond motifs is 1. The number of thiophene rings is 1. The van der Waals surface area contributed by atoms with Crippen LogP contribution in [-0.2, 0) is 12.7 Å². The summed E-state index contributed by atoms with van der Waals surface area (Å²) >= 11 is 2.44. The highest BCUT2D eigenvalue weighted by molar-refractivity contribution is 7.19. The molecule has 2 aromatic heterocycles. The average Bonchev–Trinajstić information content (AvgIpc) is 3.28. The number of nitrogens with one attached hydrogen (secondary N) is 2. The molecule has 0 bridgehead atoms. The molecule has 1 unspecified atom stereocenters. The molecule has 27 heavy (non-hydrogen) atoms. The number of aliphatic hydroxyl groups excluding tert-OH is 1. The quantitative estimate of drug-likeness (QED) is 0.439. The minimum atomic E-state index is -4.44. The van der Waals surface area contributed by atoms with Crippen molar-refractivity contribution in [2.75, 3.05) is 13.6 Å². The van der Waals surface area contributed by atoms with Gasteiger partial charge < -0.3 is 15.7 Å². The number of benzene rings is 1. The van der Waals surface area contributed by atoms with Gasteiger partial charge in [-0.05, 0) is 17.5 Å². The standard InChI is InChI=1S/C17H17F3N4OS2/c1-21-16(23-8-15-24-14(9-26-15)17(18,19)20)22-7-11(25)13-6-10-4-2-3-5-12(10)27-13/h2-6,9,11,25H,7-8H2,1H3,(H2,21,22,23). The van der Waals surface area contributed by atoms with Crippen LogP contribution < -0.4 is 10.6 Å². The van der Waals surface area contributed by atoms with Crippen LogP contribution in [-0.4, -0.2) is 29.6 Å². The van der Waals surface area contributed by atoms with Crippen LogP contribution in [0.3, 0.4) is 0 Å². The average molecular weight is 414 g/mol. The summed E-state index contributed by atoms with van der Waals surface area (Å²) in [7, 11) is 1.55. The van der Waals surface area contributed by atoms with Crippen molar-refractivity contribution in [3.05, 3.63) is 51.3 Å². The number of aliphatic hydroxyl groups is 1. The summed E-state index contributed by atoms with van der Waals surface area (Å²) in [5.74, 6) is 0.374. The van der Waals surface area contributed by atoms with Gasteiger partial charge in [0, 0.05) is 28.5 Å². The van der Waals surface area contributed by atoms with E-state index >= 15 is 0 Å². The van der Waals surface area contributed by atoms with E-state index in [2.05, 4.69) is 20.6 Å². The fourth-order valence-electron chi connectivity index (χ4n) is 2.36. The predicted molar refractivity (Wildman–Crippen MR) is 102 cm³/mol. The van der Waals surface area contributed by atoms with Crippen molar-refractivity contribution in [2.24, 2.45) is 4.99 Å². The van der Waals surface area contributed by atoms with E-state index in [-0.39, 0.29) is 13.1 Å². The van der Waals surface area contributed by atoms with Gasteiger partial charge >= 0.3 is 6.18 Å². The first-order chi connectivity index (χ1) is 12.9. The Hall–Kier alpha value is -2.17. The number of aliphatic imine (C=N–C) groups is 1. The third kappa shape index (κ3) is 4.96. The van der Waals surface area contributed by atoms with Crippen molar-refractivity contribution < 1.29 is 18.3 Å². The van der Waals surface area contributed by atoms with E-state index in [0.717, 1.165) is 31.7 Å². The lowest BCUT2D eigenvalue weighted by Crippen LogP contribution is -2.38. The van der Waals surface area contributed by atoms with Crippen molar-refractivity contribution in [3.63, 3.8) is 0 Å². The zero-order valence-electron chi connectivity index (χ0n) is 14.2. The topological polar surface area (TPSA) is 69.5 Å². The largest absolute Gasteiger partial charge is 0.434 e. The second-order valence-electron chi connectivity index (χ2n) is 5.63. The molecule has 0 saturated carbocycles. The smallest absolute Gasteiger partial charge is 0.386 e. The number of rotatable bonds is 5. The molecule has 0 aliphatic heterocycles. The van der Waals surface area contributed by atoms with Crippen LogP contribution in [0.1, 0.15) is 21.7 Å². The third-order valence-electron chi connectivity index (χ3n) is 3.71. The first kappa shape index (κ1) is 19.6. The Morgan fingerprint density at radius 2 is 2.07 bits per heavy atom. The van der Waals surface area contributed by atoms with Gasteiger partial charge in [0.25, 0.3) is 0 Å². The SMILES string of the molecule is CN=C(NCc1nc(C(F)(F)F)cs1)NCC(O)c1cc2ccccc2s1. The highest BCUT2D eigenvalue weighted by Crippen LogP contribution is 2.30. The van der Waals surface area contributed by atoms with Crippen LogP contribution in [0.5, 0.6) is 0 Å². The highest BCUT2D eigenvalue weighted by Gasteiger charge is 2.33. The number of nitrogens with zero attached hydrogens (tertiary/aromatic N) is 2. The van der Waals surface area contributed by atoms with Gasteiger partial charge in [-0.1, -0.05) is 18.2 Å². The molecule has 0 aliphatic rings. The Balaban J connectivity index is 1.53. The molecule has 0 spiro atoms. The van der Waals surface area contributed by atoms with Gasteiger partial charge in [-0.3, -0.25) is 4.99 Å². The molecule has 10 heteroatoms. The molecule has 2 heterocycles. The number of alkyl halides is 3. The van der Waals surface area contributed by atoms with Crippen LogP contribution in [0.25, 0.3) is 10.1 Å². The maximum Gasteiger partial charge on any atom is 0.434 e. The minimum absolute atomic E-state index is 0.111. The van der Waals surface area contributed by atoms with Crippen LogP contribution in [0, 0.1) is 0 Å². The molecule has 3 aromatic rings. The first-order valence-electron chi connectivity index (χ1n) is 7.99. The fraction of sp³-hybridized carbons (Fsp3) is 0.294. The molecule has 0 radical (unpaired) electrons. The Bertz CT molecular complexity index is 903. The molecule has 5 nitrogen and oxygen atoms in total. The lowest BCUT2D eigenvalue weighted by molar-refractivity contribution is -0.140. The van der Waals surface area contributed by atoms with Crippen molar-refractivity contribution in [1.82, 2.24) is 15.6 Å². The van der Waals surface area contributed by atoms with E-state index in [4.69, 9.17) is 0 Å². The van der Waals surface area contributed by atoms with E-state index < -0.39 is 18.0 Å². The van der Waals surface area contributed by atoms with E-state index in [1.807, 2.05) is 30.3 Å². The molecule has 3 N–H and O–H groups in total. The summed E-state index contributed by atoms with van der Waals surface area (Å²) in [6.07, 6.45) is -5.17. The summed E-state index contributed by atoms with van der Waals surface area (Å²) in [5, 5.41) is 18.6. The Kier molecular flexibility index (Phi) is 5.98. The van der Waals surface area contributed by atoms with Crippen LogP contribution in [0.4, 0.5) is 13.2 Å². The molecule has 0 aliphatic carbocycles. The van der Waals surface area contributed by atoms with Crippen LogP contribution in [0.15, 0.2) is 40.7 Å². The van der Waals surface area contributed by atoms with E-state index in [1.54, 1.807) is 7.05 Å². The van der Waals surface area contributed by atoms with Gasteiger partial charge in [0.1, 0.15) is 11.1 Å². The van der Waals surface area contributed by atoms with Crippen molar-refractivity contribution in [3.8, 4) is 0 Å². The van der Waals surface area contributed by atoms with E-state index in [9.17, 15) is 18.3 Å². The third-order valence-corrected chi connectivity index (χ3v) is 5.77. The molecule has 0 fully saturated rings. The van der Waals surface area contributed by atoms with Gasteiger partial charge in [-0.2, -0.15) is 13.2 Å². The fourth-order valence-corrected chi connectivity index (χ4v) is 4.15. The van der Waals surface area contributed by atoms with Crippen LogP contribution in [0.2, 0.25) is 0 Å². The number of aromatic nitrogens is 1. The van der Waals surface area contributed by atoms with Gasteiger partial charge in [-0.25, -0.2) is 4.98 Å². The molecule has 0 saturated heterocycles. The zero-order valence-corrected chi connectivity index (χ0v) is 15.9. The summed E-state index contributed by atoms with van der Waals surface area (Å²) in [6.45, 7) is 0.331. The van der Waals surface area contributed by atoms with Crippen LogP contribution >= 0.6 is 22.7 Å². The predicted octanol–water partition coefficient (Wildman–Crippen LogP) is 3.78. The van der Waals surface area contributed by atoms with E-state index in [0.29, 0.717) is 11.0 Å². The number of hydrogen-bond acceptors (Lipinski definition) is 5. The number of halogens is 3. The lowest BCUT2D eigenvalue weighted by Gasteiger charge is -2.14. The number of thiazole rings is 1. The molecular formula is C17H17F3N4OS2. The molecule has 144 valence electrons. The summed E-state index contributed by atoms with van der Waals surface area (Å²) in [4.78, 5) is 8.39. The second kappa shape index (κ2) is 8.24. The van der Waals surface area contributed by atoms with Gasteiger partial charge in [0.05, 0.1) is 6.54 Å². The Morgan fingerprint density at radius 1 is 1.30 bits per heavy atom. The first-order valence-corrected chi connectivity index (χ1v) is 9.69. The Labute approximate surface area is 161 Å². The summed E-state index contributed by atoms with van der Waals surface area (Å²) < 4.78 is 38.8. The van der Waals surface area contributed by atoms with Crippen molar-refractivity contribution >= 4 is 38.7 Å². The van der Waals surface area contributed by atoms with Crippen molar-refractivity contribution in [1.29, 1.82) is 0 Å². The summed E-state index contributed by atoms with van der Waals surface area (Å²) in [6, 6.07) is 9.81. The second-order valence-corrected chi connectivity index (χ2v) is 7.69. The molecule has 3 rings (SSSR count). The monoisotopic (exact) mass is 414 g/mol. The zero-order chi connectivity index (χ0) is 19.4. The van der Waals surface area contributed by atoms with Gasteiger partial charge in [0.15, 0.2) is 11.7 Å². The van der Waals surface area contributed by atoms with E-state index in [1.165, 1.54) is 11.3 Å².